The first-order valence-electron chi connectivity index (χ1n) is 6.90. The molecule has 1 N–H and O–H groups in total. The summed E-state index contributed by atoms with van der Waals surface area (Å²) in [5.74, 6) is -1.02. The second-order valence-corrected chi connectivity index (χ2v) is 4.75. The molecule has 1 aliphatic heterocycles. The summed E-state index contributed by atoms with van der Waals surface area (Å²) in [4.78, 5) is 37.1. The van der Waals surface area contributed by atoms with E-state index in [1.807, 2.05) is 13.0 Å². The molecule has 0 bridgehead atoms. The lowest BCUT2D eigenvalue weighted by Gasteiger charge is -2.25. The smallest absolute Gasteiger partial charge is 0.326 e. The van der Waals surface area contributed by atoms with E-state index in [1.54, 1.807) is 31.2 Å². The summed E-state index contributed by atoms with van der Waals surface area (Å²) >= 11 is 0. The predicted octanol–water partition coefficient (Wildman–Crippen LogP) is 1.41. The Bertz CT molecular complexity index is 558. The van der Waals surface area contributed by atoms with Crippen LogP contribution in [0.25, 0.3) is 0 Å². The largest absolute Gasteiger partial charge is 0.465 e. The zero-order valence-corrected chi connectivity index (χ0v) is 12.1. The second-order valence-electron chi connectivity index (χ2n) is 4.75. The van der Waals surface area contributed by atoms with E-state index in [-0.39, 0.29) is 13.2 Å². The minimum Gasteiger partial charge on any atom is -0.465 e. The Morgan fingerprint density at radius 3 is 2.48 bits per heavy atom. The molecule has 0 spiro atoms. The number of esters is 1. The number of amides is 3. The van der Waals surface area contributed by atoms with Crippen LogP contribution in [0.5, 0.6) is 0 Å². The fourth-order valence-electron chi connectivity index (χ4n) is 2.47. The maximum absolute atomic E-state index is 12.6. The highest BCUT2D eigenvalue weighted by atomic mass is 16.5. The van der Waals surface area contributed by atoms with Crippen LogP contribution in [0.2, 0.25) is 0 Å². The van der Waals surface area contributed by atoms with Gasteiger partial charge in [-0.1, -0.05) is 37.3 Å². The highest BCUT2D eigenvalue weighted by molar-refractivity contribution is 6.09. The normalized spacial score (nSPS) is 21.3. The average Bonchev–Trinajstić information content (AvgIpc) is 2.73. The Kier molecular flexibility index (Phi) is 4.26. The number of imide groups is 1. The van der Waals surface area contributed by atoms with Crippen LogP contribution in [-0.2, 0) is 19.9 Å². The van der Waals surface area contributed by atoms with Gasteiger partial charge in [0.05, 0.1) is 6.61 Å². The fourth-order valence-corrected chi connectivity index (χ4v) is 2.47. The van der Waals surface area contributed by atoms with Crippen molar-refractivity contribution in [3.05, 3.63) is 35.9 Å². The second kappa shape index (κ2) is 5.95. The fraction of sp³-hybridized carbons (Fsp3) is 0.400. The molecular weight excluding hydrogens is 272 g/mol. The summed E-state index contributed by atoms with van der Waals surface area (Å²) in [7, 11) is 0. The first-order chi connectivity index (χ1) is 10.0. The zero-order valence-electron chi connectivity index (χ0n) is 12.1. The van der Waals surface area contributed by atoms with E-state index in [9.17, 15) is 14.4 Å². The average molecular weight is 290 g/mol. The molecule has 1 fully saturated rings. The predicted molar refractivity (Wildman–Crippen MR) is 75.3 cm³/mol. The van der Waals surface area contributed by atoms with Gasteiger partial charge in [-0.25, -0.2) is 4.79 Å². The molecule has 6 nitrogen and oxygen atoms in total. The van der Waals surface area contributed by atoms with Crippen LogP contribution >= 0.6 is 0 Å². The van der Waals surface area contributed by atoms with Crippen LogP contribution in [0, 0.1) is 0 Å². The number of nitrogens with one attached hydrogen (secondary N) is 1. The SMILES string of the molecule is CCOC(=O)CN1C(=O)NC(CC)(c2ccccc2)C1=O. The standard InChI is InChI=1S/C15H18N2O4/c1-3-15(11-8-6-5-7-9-11)13(19)17(14(20)16-15)10-12(18)21-4-2/h5-9H,3-4,10H2,1-2H3,(H,16,20). The van der Waals surface area contributed by atoms with Gasteiger partial charge in [0.2, 0.25) is 0 Å². The Labute approximate surface area is 123 Å². The van der Waals surface area contributed by atoms with Gasteiger partial charge < -0.3 is 10.1 Å². The van der Waals surface area contributed by atoms with Gasteiger partial charge in [-0.05, 0) is 18.9 Å². The number of ether oxygens (including phenoxy) is 1. The van der Waals surface area contributed by atoms with Gasteiger partial charge in [0.1, 0.15) is 12.1 Å². The topological polar surface area (TPSA) is 75.7 Å². The summed E-state index contributed by atoms with van der Waals surface area (Å²) in [6.07, 6.45) is 0.404. The van der Waals surface area contributed by atoms with E-state index in [4.69, 9.17) is 4.74 Å². The van der Waals surface area contributed by atoms with E-state index in [0.29, 0.717) is 12.0 Å². The van der Waals surface area contributed by atoms with E-state index in [2.05, 4.69) is 5.32 Å². The van der Waals surface area contributed by atoms with Crippen molar-refractivity contribution in [3.8, 4) is 0 Å². The van der Waals surface area contributed by atoms with Crippen molar-refractivity contribution in [2.24, 2.45) is 0 Å². The Hall–Kier alpha value is -2.37. The van der Waals surface area contributed by atoms with E-state index in [1.165, 1.54) is 0 Å². The van der Waals surface area contributed by atoms with Crippen molar-refractivity contribution in [2.75, 3.05) is 13.2 Å². The molecule has 0 aliphatic carbocycles. The van der Waals surface area contributed by atoms with Crippen LogP contribution in [-0.4, -0.2) is 36.0 Å². The van der Waals surface area contributed by atoms with Crippen LogP contribution in [0.3, 0.4) is 0 Å². The molecule has 1 unspecified atom stereocenters. The van der Waals surface area contributed by atoms with Gasteiger partial charge in [0.25, 0.3) is 5.91 Å². The molecule has 0 saturated carbocycles. The van der Waals surface area contributed by atoms with Gasteiger partial charge >= 0.3 is 12.0 Å². The molecule has 2 rings (SSSR count). The van der Waals surface area contributed by atoms with E-state index < -0.39 is 23.4 Å². The third kappa shape index (κ3) is 2.61. The van der Waals surface area contributed by atoms with Crippen molar-refractivity contribution in [1.29, 1.82) is 0 Å². The van der Waals surface area contributed by atoms with E-state index in [0.717, 1.165) is 4.90 Å². The lowest BCUT2D eigenvalue weighted by atomic mass is 9.87. The van der Waals surface area contributed by atoms with Crippen molar-refractivity contribution >= 4 is 17.9 Å². The molecule has 0 aromatic heterocycles. The maximum Gasteiger partial charge on any atom is 0.326 e. The lowest BCUT2D eigenvalue weighted by molar-refractivity contribution is -0.147. The number of hydrogen-bond donors (Lipinski definition) is 1. The molecule has 1 aromatic rings. The summed E-state index contributed by atoms with van der Waals surface area (Å²) in [6.45, 7) is 3.33. The highest BCUT2D eigenvalue weighted by Crippen LogP contribution is 2.32. The molecule has 1 heterocycles. The Morgan fingerprint density at radius 2 is 1.90 bits per heavy atom. The molecular formula is C15H18N2O4. The van der Waals surface area contributed by atoms with Gasteiger partial charge in [-0.2, -0.15) is 0 Å². The highest BCUT2D eigenvalue weighted by Gasteiger charge is 2.51. The monoisotopic (exact) mass is 290 g/mol. The molecule has 1 saturated heterocycles. The summed E-state index contributed by atoms with van der Waals surface area (Å²) in [5, 5.41) is 2.71. The van der Waals surface area contributed by atoms with Crippen molar-refractivity contribution in [3.63, 3.8) is 0 Å². The number of urea groups is 1. The van der Waals surface area contributed by atoms with Gasteiger partial charge in [0, 0.05) is 0 Å². The molecule has 1 atom stereocenters. The summed E-state index contributed by atoms with van der Waals surface area (Å²) in [6, 6.07) is 8.45. The first kappa shape index (κ1) is 15.0. The first-order valence-corrected chi connectivity index (χ1v) is 6.90. The summed E-state index contributed by atoms with van der Waals surface area (Å²) in [5.41, 5.74) is -0.401. The Morgan fingerprint density at radius 1 is 1.24 bits per heavy atom. The number of rotatable bonds is 5. The van der Waals surface area contributed by atoms with Crippen LogP contribution < -0.4 is 5.32 Å². The number of hydrogen-bond acceptors (Lipinski definition) is 4. The zero-order chi connectivity index (χ0) is 15.5. The van der Waals surface area contributed by atoms with Crippen molar-refractivity contribution in [1.82, 2.24) is 10.2 Å². The number of carbonyl (C=O) groups excluding carboxylic acids is 3. The van der Waals surface area contributed by atoms with Crippen LogP contribution in [0.4, 0.5) is 4.79 Å². The van der Waals surface area contributed by atoms with Crippen molar-refractivity contribution < 1.29 is 19.1 Å². The quantitative estimate of drug-likeness (QED) is 0.657. The number of nitrogens with zero attached hydrogens (tertiary/aromatic N) is 1. The molecule has 3 amide bonds. The number of carbonyl (C=O) groups is 3. The summed E-state index contributed by atoms with van der Waals surface area (Å²) < 4.78 is 4.80. The third-order valence-corrected chi connectivity index (χ3v) is 3.57. The minimum absolute atomic E-state index is 0.208. The molecule has 21 heavy (non-hydrogen) atoms. The van der Waals surface area contributed by atoms with Gasteiger partial charge in [-0.3, -0.25) is 14.5 Å². The minimum atomic E-state index is -1.11. The van der Waals surface area contributed by atoms with Crippen molar-refractivity contribution in [2.45, 2.75) is 25.8 Å². The molecule has 1 aliphatic rings. The molecule has 112 valence electrons. The van der Waals surface area contributed by atoms with Gasteiger partial charge in [0.15, 0.2) is 0 Å². The molecule has 1 aromatic carbocycles. The third-order valence-electron chi connectivity index (χ3n) is 3.57. The maximum atomic E-state index is 12.6. The lowest BCUT2D eigenvalue weighted by Crippen LogP contribution is -2.43. The number of benzene rings is 1. The van der Waals surface area contributed by atoms with Gasteiger partial charge in [-0.15, -0.1) is 0 Å². The van der Waals surface area contributed by atoms with Crippen LogP contribution in [0.1, 0.15) is 25.8 Å². The molecule has 6 heteroatoms. The van der Waals surface area contributed by atoms with E-state index >= 15 is 0 Å². The Balaban J connectivity index is 2.29. The molecule has 0 radical (unpaired) electrons. The van der Waals surface area contributed by atoms with Crippen LogP contribution in [0.15, 0.2) is 30.3 Å².